The fraction of sp³-hybridized carbons (Fsp3) is 0.350. The van der Waals surface area contributed by atoms with Crippen LogP contribution in [0.1, 0.15) is 18.1 Å². The van der Waals surface area contributed by atoms with E-state index in [-0.39, 0.29) is 41.9 Å². The number of hydrogen-bond acceptors (Lipinski definition) is 5. The van der Waals surface area contributed by atoms with Crippen LogP contribution in [0.5, 0.6) is 0 Å². The van der Waals surface area contributed by atoms with Gasteiger partial charge in [0.25, 0.3) is 0 Å². The standard InChI is InChI=1S/C20H25N3O5S2/c1-15-4-7-20(14-16(15)2)30(27,28)23-12-10-22(11-13-23)29(25,26)19-8-5-18(6-9-19)21-17(3)24/h4-9,14H,10-13H2,1-3H3,(H,21,24). The van der Waals surface area contributed by atoms with Crippen molar-refractivity contribution in [2.45, 2.75) is 30.6 Å². The summed E-state index contributed by atoms with van der Waals surface area (Å²) in [6.07, 6.45) is 0. The van der Waals surface area contributed by atoms with E-state index >= 15 is 0 Å². The molecule has 1 aliphatic heterocycles. The Labute approximate surface area is 177 Å². The lowest BCUT2D eigenvalue weighted by atomic mass is 10.1. The highest BCUT2D eigenvalue weighted by Crippen LogP contribution is 2.24. The van der Waals surface area contributed by atoms with Gasteiger partial charge in [-0.2, -0.15) is 8.61 Å². The minimum atomic E-state index is -3.75. The Morgan fingerprint density at radius 1 is 0.767 bits per heavy atom. The number of carbonyl (C=O) groups excluding carboxylic acids is 1. The lowest BCUT2D eigenvalue weighted by molar-refractivity contribution is -0.114. The van der Waals surface area contributed by atoms with Crippen LogP contribution in [0.2, 0.25) is 0 Å². The molecule has 0 aromatic heterocycles. The molecule has 1 heterocycles. The average Bonchev–Trinajstić information content (AvgIpc) is 2.70. The van der Waals surface area contributed by atoms with Crippen molar-refractivity contribution in [2.24, 2.45) is 0 Å². The maximum atomic E-state index is 12.9. The first-order chi connectivity index (χ1) is 14.0. The number of piperazine rings is 1. The summed E-state index contributed by atoms with van der Waals surface area (Å²) in [4.78, 5) is 11.4. The first-order valence-electron chi connectivity index (χ1n) is 9.47. The smallest absolute Gasteiger partial charge is 0.243 e. The maximum absolute atomic E-state index is 12.9. The molecular formula is C20H25N3O5S2. The van der Waals surface area contributed by atoms with Gasteiger partial charge in [0.15, 0.2) is 0 Å². The van der Waals surface area contributed by atoms with Crippen molar-refractivity contribution in [3.05, 3.63) is 53.6 Å². The number of sulfonamides is 2. The zero-order valence-electron chi connectivity index (χ0n) is 17.1. The third kappa shape index (κ3) is 4.56. The van der Waals surface area contributed by atoms with Crippen LogP contribution in [0, 0.1) is 13.8 Å². The first-order valence-corrected chi connectivity index (χ1v) is 12.3. The van der Waals surface area contributed by atoms with Crippen molar-refractivity contribution >= 4 is 31.6 Å². The summed E-state index contributed by atoms with van der Waals surface area (Å²) in [7, 11) is -7.43. The van der Waals surface area contributed by atoms with Gasteiger partial charge in [-0.15, -0.1) is 0 Å². The molecule has 1 N–H and O–H groups in total. The predicted molar refractivity (Wildman–Crippen MR) is 114 cm³/mol. The number of carbonyl (C=O) groups is 1. The molecule has 162 valence electrons. The van der Waals surface area contributed by atoms with Crippen LogP contribution in [0.25, 0.3) is 0 Å². The van der Waals surface area contributed by atoms with Crippen molar-refractivity contribution in [1.82, 2.24) is 8.61 Å². The second kappa shape index (κ2) is 8.46. The lowest BCUT2D eigenvalue weighted by Gasteiger charge is -2.33. The van der Waals surface area contributed by atoms with Crippen molar-refractivity contribution in [3.8, 4) is 0 Å². The highest BCUT2D eigenvalue weighted by atomic mass is 32.2. The summed E-state index contributed by atoms with van der Waals surface area (Å²) in [6, 6.07) is 10.9. The van der Waals surface area contributed by atoms with E-state index in [1.54, 1.807) is 18.2 Å². The minimum absolute atomic E-state index is 0.0693. The molecular weight excluding hydrogens is 426 g/mol. The van der Waals surface area contributed by atoms with Gasteiger partial charge in [-0.3, -0.25) is 4.79 Å². The van der Waals surface area contributed by atoms with E-state index in [2.05, 4.69) is 5.32 Å². The average molecular weight is 452 g/mol. The monoisotopic (exact) mass is 451 g/mol. The highest BCUT2D eigenvalue weighted by molar-refractivity contribution is 7.89. The van der Waals surface area contributed by atoms with Gasteiger partial charge in [0.2, 0.25) is 26.0 Å². The second-order valence-electron chi connectivity index (χ2n) is 7.26. The van der Waals surface area contributed by atoms with Gasteiger partial charge in [-0.25, -0.2) is 16.8 Å². The molecule has 30 heavy (non-hydrogen) atoms. The zero-order chi connectivity index (χ0) is 22.1. The molecule has 0 radical (unpaired) electrons. The Balaban J connectivity index is 1.72. The van der Waals surface area contributed by atoms with Crippen LogP contribution >= 0.6 is 0 Å². The summed E-state index contributed by atoms with van der Waals surface area (Å²) in [6.45, 7) is 5.45. The summed E-state index contributed by atoms with van der Waals surface area (Å²) in [5.41, 5.74) is 2.40. The molecule has 1 fully saturated rings. The Hall–Kier alpha value is -2.27. The Bertz CT molecular complexity index is 1150. The molecule has 0 bridgehead atoms. The molecule has 0 unspecified atom stereocenters. The molecule has 1 saturated heterocycles. The fourth-order valence-electron chi connectivity index (χ4n) is 3.24. The highest BCUT2D eigenvalue weighted by Gasteiger charge is 2.33. The van der Waals surface area contributed by atoms with E-state index in [9.17, 15) is 21.6 Å². The van der Waals surface area contributed by atoms with E-state index in [0.29, 0.717) is 5.69 Å². The van der Waals surface area contributed by atoms with Crippen LogP contribution in [-0.4, -0.2) is 57.5 Å². The number of benzene rings is 2. The van der Waals surface area contributed by atoms with E-state index in [1.165, 1.54) is 39.8 Å². The minimum Gasteiger partial charge on any atom is -0.326 e. The van der Waals surface area contributed by atoms with Crippen LogP contribution in [-0.2, 0) is 24.8 Å². The van der Waals surface area contributed by atoms with Crippen LogP contribution < -0.4 is 5.32 Å². The summed E-state index contributed by atoms with van der Waals surface area (Å²) >= 11 is 0. The van der Waals surface area contributed by atoms with Crippen molar-refractivity contribution in [1.29, 1.82) is 0 Å². The first kappa shape index (κ1) is 22.4. The molecule has 2 aromatic carbocycles. The molecule has 0 spiro atoms. The molecule has 0 saturated carbocycles. The van der Waals surface area contributed by atoms with Gasteiger partial charge >= 0.3 is 0 Å². The molecule has 1 amide bonds. The van der Waals surface area contributed by atoms with Gasteiger partial charge in [-0.1, -0.05) is 6.07 Å². The molecule has 8 nitrogen and oxygen atoms in total. The van der Waals surface area contributed by atoms with Gasteiger partial charge in [-0.05, 0) is 61.4 Å². The number of hydrogen-bond donors (Lipinski definition) is 1. The van der Waals surface area contributed by atoms with Crippen LogP contribution in [0.3, 0.4) is 0 Å². The normalized spacial score (nSPS) is 16.4. The number of nitrogens with zero attached hydrogens (tertiary/aromatic N) is 2. The largest absolute Gasteiger partial charge is 0.326 e. The zero-order valence-corrected chi connectivity index (χ0v) is 18.8. The van der Waals surface area contributed by atoms with Gasteiger partial charge in [0, 0.05) is 38.8 Å². The summed E-state index contributed by atoms with van der Waals surface area (Å²) in [5, 5.41) is 2.59. The SMILES string of the molecule is CC(=O)Nc1ccc(S(=O)(=O)N2CCN(S(=O)(=O)c3ccc(C)c(C)c3)CC2)cc1. The lowest BCUT2D eigenvalue weighted by Crippen LogP contribution is -2.50. The van der Waals surface area contributed by atoms with Crippen molar-refractivity contribution < 1.29 is 21.6 Å². The number of nitrogens with one attached hydrogen (secondary N) is 1. The predicted octanol–water partition coefficient (Wildman–Crippen LogP) is 1.96. The number of anilines is 1. The summed E-state index contributed by atoms with van der Waals surface area (Å²) in [5.74, 6) is -0.244. The Kier molecular flexibility index (Phi) is 6.32. The van der Waals surface area contributed by atoms with E-state index in [1.807, 2.05) is 13.8 Å². The third-order valence-electron chi connectivity index (χ3n) is 5.13. The topological polar surface area (TPSA) is 104 Å². The number of aryl methyl sites for hydroxylation is 2. The molecule has 3 rings (SSSR count). The van der Waals surface area contributed by atoms with Crippen LogP contribution in [0.15, 0.2) is 52.3 Å². The third-order valence-corrected chi connectivity index (χ3v) is 8.93. The number of amides is 1. The van der Waals surface area contributed by atoms with E-state index < -0.39 is 20.0 Å². The molecule has 0 atom stereocenters. The van der Waals surface area contributed by atoms with Crippen molar-refractivity contribution in [3.63, 3.8) is 0 Å². The Morgan fingerprint density at radius 2 is 1.23 bits per heavy atom. The molecule has 2 aromatic rings. The second-order valence-corrected chi connectivity index (χ2v) is 11.1. The maximum Gasteiger partial charge on any atom is 0.243 e. The van der Waals surface area contributed by atoms with E-state index in [4.69, 9.17) is 0 Å². The molecule has 0 aliphatic carbocycles. The van der Waals surface area contributed by atoms with Crippen molar-refractivity contribution in [2.75, 3.05) is 31.5 Å². The summed E-state index contributed by atoms with van der Waals surface area (Å²) < 4.78 is 54.3. The molecule has 10 heteroatoms. The van der Waals surface area contributed by atoms with Gasteiger partial charge < -0.3 is 5.32 Å². The molecule has 1 aliphatic rings. The van der Waals surface area contributed by atoms with E-state index in [0.717, 1.165) is 11.1 Å². The quantitative estimate of drug-likeness (QED) is 0.748. The van der Waals surface area contributed by atoms with Gasteiger partial charge in [0.05, 0.1) is 9.79 Å². The van der Waals surface area contributed by atoms with Crippen LogP contribution in [0.4, 0.5) is 5.69 Å². The number of rotatable bonds is 5. The van der Waals surface area contributed by atoms with Gasteiger partial charge in [0.1, 0.15) is 0 Å². The Morgan fingerprint density at radius 3 is 1.70 bits per heavy atom. The fourth-order valence-corrected chi connectivity index (χ4v) is 6.17.